The second-order valence-electron chi connectivity index (χ2n) is 5.82. The van der Waals surface area contributed by atoms with E-state index in [2.05, 4.69) is 15.5 Å². The van der Waals surface area contributed by atoms with Crippen LogP contribution in [0.4, 0.5) is 13.2 Å². The van der Waals surface area contributed by atoms with E-state index < -0.39 is 17.3 Å². The first kappa shape index (κ1) is 18.1. The van der Waals surface area contributed by atoms with Crippen LogP contribution in [-0.4, -0.2) is 32.0 Å². The molecule has 2 rings (SSSR count). The van der Waals surface area contributed by atoms with Crippen molar-refractivity contribution < 1.29 is 18.0 Å². The topological polar surface area (TPSA) is 59.8 Å². The molecule has 1 unspecified atom stereocenters. The molecular formula is C14H21F3N4OS. The van der Waals surface area contributed by atoms with Gasteiger partial charge in [0.25, 0.3) is 0 Å². The molecule has 5 nitrogen and oxygen atoms in total. The number of hydrogen-bond acceptors (Lipinski definition) is 4. The molecule has 23 heavy (non-hydrogen) atoms. The number of nitrogens with zero attached hydrogens (tertiary/aromatic N) is 3. The van der Waals surface area contributed by atoms with E-state index in [-0.39, 0.29) is 17.1 Å². The zero-order valence-electron chi connectivity index (χ0n) is 13.2. The van der Waals surface area contributed by atoms with Crippen molar-refractivity contribution in [2.45, 2.75) is 68.1 Å². The highest BCUT2D eigenvalue weighted by Gasteiger charge is 2.38. The Kier molecular flexibility index (Phi) is 5.94. The van der Waals surface area contributed by atoms with Crippen molar-refractivity contribution in [3.8, 4) is 0 Å². The molecule has 0 radical (unpaired) electrons. The molecule has 9 heteroatoms. The summed E-state index contributed by atoms with van der Waals surface area (Å²) in [6, 6.07) is 0.165. The number of halogens is 3. The molecule has 0 spiro atoms. The second-order valence-corrected chi connectivity index (χ2v) is 7.13. The van der Waals surface area contributed by atoms with Gasteiger partial charge >= 0.3 is 6.18 Å². The average molecular weight is 350 g/mol. The molecule has 0 saturated heterocycles. The van der Waals surface area contributed by atoms with E-state index in [1.807, 2.05) is 0 Å². The summed E-state index contributed by atoms with van der Waals surface area (Å²) in [6.45, 7) is 1.67. The van der Waals surface area contributed by atoms with Crippen LogP contribution in [-0.2, 0) is 18.0 Å². The number of rotatable bonds is 4. The normalized spacial score (nSPS) is 18.5. The third-order valence-electron chi connectivity index (χ3n) is 3.94. The first-order chi connectivity index (χ1) is 10.8. The van der Waals surface area contributed by atoms with Gasteiger partial charge in [-0.3, -0.25) is 4.79 Å². The maximum Gasteiger partial charge on any atom is 0.451 e. The van der Waals surface area contributed by atoms with E-state index in [9.17, 15) is 18.0 Å². The summed E-state index contributed by atoms with van der Waals surface area (Å²) < 4.78 is 39.0. The van der Waals surface area contributed by atoms with Gasteiger partial charge in [-0.15, -0.1) is 10.2 Å². The van der Waals surface area contributed by atoms with Crippen molar-refractivity contribution in [2.24, 2.45) is 7.05 Å². The highest BCUT2D eigenvalue weighted by Crippen LogP contribution is 2.30. The number of alkyl halides is 3. The van der Waals surface area contributed by atoms with Crippen LogP contribution in [0.3, 0.4) is 0 Å². The number of carbonyl (C=O) groups is 1. The molecule has 1 amide bonds. The Balaban J connectivity index is 1.94. The van der Waals surface area contributed by atoms with Crippen molar-refractivity contribution in [1.29, 1.82) is 0 Å². The van der Waals surface area contributed by atoms with Gasteiger partial charge in [-0.2, -0.15) is 13.2 Å². The lowest BCUT2D eigenvalue weighted by Crippen LogP contribution is -2.39. The van der Waals surface area contributed by atoms with Crippen molar-refractivity contribution >= 4 is 17.7 Å². The Morgan fingerprint density at radius 1 is 1.26 bits per heavy atom. The van der Waals surface area contributed by atoms with E-state index in [1.165, 1.54) is 19.9 Å². The summed E-state index contributed by atoms with van der Waals surface area (Å²) in [4.78, 5) is 12.2. The smallest absolute Gasteiger partial charge is 0.352 e. The highest BCUT2D eigenvalue weighted by molar-refractivity contribution is 8.00. The molecule has 0 aliphatic heterocycles. The zero-order chi connectivity index (χ0) is 17.0. The van der Waals surface area contributed by atoms with Crippen LogP contribution in [0.2, 0.25) is 0 Å². The summed E-state index contributed by atoms with van der Waals surface area (Å²) in [5.74, 6) is -1.23. The molecule has 1 aliphatic carbocycles. The summed E-state index contributed by atoms with van der Waals surface area (Å²) >= 11 is 0.986. The number of hydrogen-bond donors (Lipinski definition) is 1. The van der Waals surface area contributed by atoms with Gasteiger partial charge < -0.3 is 9.88 Å². The van der Waals surface area contributed by atoms with Gasteiger partial charge in [-0.05, 0) is 19.8 Å². The van der Waals surface area contributed by atoms with Crippen molar-refractivity contribution in [3.05, 3.63) is 5.82 Å². The molecule has 1 atom stereocenters. The zero-order valence-corrected chi connectivity index (χ0v) is 14.0. The Morgan fingerprint density at radius 2 is 1.87 bits per heavy atom. The monoisotopic (exact) mass is 350 g/mol. The van der Waals surface area contributed by atoms with E-state index in [4.69, 9.17) is 0 Å². The molecular weight excluding hydrogens is 329 g/mol. The SMILES string of the molecule is CC(Sc1nnc(C(F)(F)F)n1C)C(=O)NC1CCCCCC1. The van der Waals surface area contributed by atoms with E-state index in [0.29, 0.717) is 0 Å². The minimum absolute atomic E-state index is 0.0841. The van der Waals surface area contributed by atoms with Crippen molar-refractivity contribution in [1.82, 2.24) is 20.1 Å². The number of aromatic nitrogens is 3. The molecule has 1 N–H and O–H groups in total. The number of amides is 1. The molecule has 1 aromatic heterocycles. The highest BCUT2D eigenvalue weighted by atomic mass is 32.2. The molecule has 0 aromatic carbocycles. The Morgan fingerprint density at radius 3 is 2.39 bits per heavy atom. The quantitative estimate of drug-likeness (QED) is 0.669. The third-order valence-corrected chi connectivity index (χ3v) is 5.08. The number of carbonyl (C=O) groups excluding carboxylic acids is 1. The van der Waals surface area contributed by atoms with Crippen LogP contribution < -0.4 is 5.32 Å². The van der Waals surface area contributed by atoms with E-state index in [0.717, 1.165) is 42.0 Å². The average Bonchev–Trinajstić information content (AvgIpc) is 2.68. The minimum atomic E-state index is -4.55. The van der Waals surface area contributed by atoms with Gasteiger partial charge in [0.1, 0.15) is 0 Å². The number of thioether (sulfide) groups is 1. The van der Waals surface area contributed by atoms with Gasteiger partial charge in [-0.25, -0.2) is 0 Å². The van der Waals surface area contributed by atoms with Crippen LogP contribution >= 0.6 is 11.8 Å². The summed E-state index contributed by atoms with van der Waals surface area (Å²) in [7, 11) is 1.25. The molecule has 1 aromatic rings. The van der Waals surface area contributed by atoms with Crippen molar-refractivity contribution in [3.63, 3.8) is 0 Å². The van der Waals surface area contributed by atoms with E-state index >= 15 is 0 Å². The Bertz CT molecular complexity index is 539. The lowest BCUT2D eigenvalue weighted by molar-refractivity contribution is -0.147. The number of nitrogens with one attached hydrogen (secondary N) is 1. The predicted molar refractivity (Wildman–Crippen MR) is 81.0 cm³/mol. The van der Waals surface area contributed by atoms with Crippen molar-refractivity contribution in [2.75, 3.05) is 0 Å². The Labute approximate surface area is 137 Å². The lowest BCUT2D eigenvalue weighted by atomic mass is 10.1. The second kappa shape index (κ2) is 7.55. The van der Waals surface area contributed by atoms with Gasteiger partial charge in [0.15, 0.2) is 5.16 Å². The predicted octanol–water partition coefficient (Wildman–Crippen LogP) is 3.15. The fourth-order valence-corrected chi connectivity index (χ4v) is 3.44. The molecule has 0 bridgehead atoms. The Hall–Kier alpha value is -1.25. The molecule has 1 heterocycles. The summed E-state index contributed by atoms with van der Waals surface area (Å²) in [5, 5.41) is 9.26. The fourth-order valence-electron chi connectivity index (χ4n) is 2.62. The standard InChI is InChI=1S/C14H21F3N4OS/c1-9(11(22)18-10-7-5-3-4-6-8-10)23-13-20-19-12(21(13)2)14(15,16)17/h9-10H,3-8H2,1-2H3,(H,18,22). The molecule has 1 aliphatic rings. The van der Waals surface area contributed by atoms with Crippen LogP contribution in [0.15, 0.2) is 5.16 Å². The summed E-state index contributed by atoms with van der Waals surface area (Å²) in [6.07, 6.45) is 1.96. The van der Waals surface area contributed by atoms with Crippen LogP contribution in [0.1, 0.15) is 51.3 Å². The third kappa shape index (κ3) is 4.86. The van der Waals surface area contributed by atoms with Gasteiger partial charge in [-0.1, -0.05) is 37.4 Å². The maximum atomic E-state index is 12.7. The summed E-state index contributed by atoms with van der Waals surface area (Å²) in [5.41, 5.74) is 0. The van der Waals surface area contributed by atoms with E-state index in [1.54, 1.807) is 6.92 Å². The molecule has 1 fully saturated rings. The minimum Gasteiger partial charge on any atom is -0.352 e. The van der Waals surface area contributed by atoms with Crippen LogP contribution in [0.25, 0.3) is 0 Å². The van der Waals surface area contributed by atoms with Gasteiger partial charge in [0.05, 0.1) is 5.25 Å². The van der Waals surface area contributed by atoms with Gasteiger partial charge in [0.2, 0.25) is 11.7 Å². The first-order valence-corrected chi connectivity index (χ1v) is 8.60. The maximum absolute atomic E-state index is 12.7. The van der Waals surface area contributed by atoms with Crippen LogP contribution in [0, 0.1) is 0 Å². The van der Waals surface area contributed by atoms with Crippen LogP contribution in [0.5, 0.6) is 0 Å². The fraction of sp³-hybridized carbons (Fsp3) is 0.786. The lowest BCUT2D eigenvalue weighted by Gasteiger charge is -2.19. The molecule has 1 saturated carbocycles. The first-order valence-electron chi connectivity index (χ1n) is 7.72. The van der Waals surface area contributed by atoms with Gasteiger partial charge in [0, 0.05) is 13.1 Å². The molecule has 130 valence electrons. The largest absolute Gasteiger partial charge is 0.451 e.